The molecular formula is C33H44N6O5Si. The fraction of sp³-hybridized carbons (Fsp3) is 0.515. The lowest BCUT2D eigenvalue weighted by molar-refractivity contribution is -0.143. The van der Waals surface area contributed by atoms with Gasteiger partial charge in [-0.05, 0) is 61.7 Å². The summed E-state index contributed by atoms with van der Waals surface area (Å²) in [5.74, 6) is 0.401. The molecule has 3 aliphatic rings. The molecule has 1 unspecified atom stereocenters. The fourth-order valence-electron chi connectivity index (χ4n) is 7.74. The summed E-state index contributed by atoms with van der Waals surface area (Å²) in [6.07, 6.45) is 4.54. The first kappa shape index (κ1) is 31.4. The van der Waals surface area contributed by atoms with Crippen LogP contribution in [0.2, 0.25) is 18.6 Å². The molecule has 3 aromatic rings. The van der Waals surface area contributed by atoms with Crippen molar-refractivity contribution in [2.24, 2.45) is 11.8 Å². The topological polar surface area (TPSA) is 140 Å². The van der Waals surface area contributed by atoms with Crippen molar-refractivity contribution >= 4 is 36.4 Å². The van der Waals surface area contributed by atoms with E-state index >= 15 is 0 Å². The van der Waals surface area contributed by atoms with Crippen LogP contribution in [-0.4, -0.2) is 72.9 Å². The van der Waals surface area contributed by atoms with Gasteiger partial charge in [0.15, 0.2) is 5.60 Å². The third-order valence-electron chi connectivity index (χ3n) is 10.1. The fourth-order valence-corrected chi connectivity index (χ4v) is 11.8. The van der Waals surface area contributed by atoms with Crippen LogP contribution in [0.25, 0.3) is 0 Å². The van der Waals surface area contributed by atoms with Crippen molar-refractivity contribution in [3.63, 3.8) is 0 Å². The summed E-state index contributed by atoms with van der Waals surface area (Å²) in [6, 6.07) is 14.0. The van der Waals surface area contributed by atoms with E-state index in [0.717, 1.165) is 42.1 Å². The summed E-state index contributed by atoms with van der Waals surface area (Å²) in [6.45, 7) is 9.03. The number of ether oxygens (including phenoxy) is 2. The van der Waals surface area contributed by atoms with Gasteiger partial charge in [0.25, 0.3) is 5.91 Å². The van der Waals surface area contributed by atoms with Crippen molar-refractivity contribution in [3.8, 4) is 5.75 Å². The minimum atomic E-state index is -2.28. The van der Waals surface area contributed by atoms with Crippen molar-refractivity contribution in [2.45, 2.75) is 69.5 Å². The summed E-state index contributed by atoms with van der Waals surface area (Å²) in [5.41, 5.74) is 1.78. The minimum Gasteiger partial charge on any atom is -0.497 e. The molecule has 6 rings (SSSR count). The van der Waals surface area contributed by atoms with Crippen molar-refractivity contribution in [1.29, 1.82) is 0 Å². The molecule has 0 aliphatic carbocycles. The van der Waals surface area contributed by atoms with E-state index in [1.807, 2.05) is 36.5 Å². The van der Waals surface area contributed by atoms with Gasteiger partial charge in [0.1, 0.15) is 5.75 Å². The number of fused-ring (bicyclic) bond motifs is 2. The molecule has 2 amide bonds. The minimum absolute atomic E-state index is 0.00827. The zero-order valence-electron chi connectivity index (χ0n) is 26.5. The Morgan fingerprint density at radius 3 is 2.76 bits per heavy atom. The molecule has 0 radical (unpaired) electrons. The van der Waals surface area contributed by atoms with Crippen LogP contribution < -0.4 is 25.9 Å². The number of anilines is 2. The van der Waals surface area contributed by atoms with Crippen LogP contribution in [0, 0.1) is 11.8 Å². The maximum absolute atomic E-state index is 14.1. The number of benzene rings is 2. The average Bonchev–Trinajstić information content (AvgIpc) is 3.71. The van der Waals surface area contributed by atoms with E-state index in [1.54, 1.807) is 11.8 Å². The van der Waals surface area contributed by atoms with Crippen LogP contribution in [-0.2, 0) is 32.9 Å². The van der Waals surface area contributed by atoms with Gasteiger partial charge in [-0.15, -0.1) is 5.10 Å². The number of aromatic nitrogens is 3. The Kier molecular flexibility index (Phi) is 8.84. The zero-order chi connectivity index (χ0) is 31.8. The molecule has 0 saturated carbocycles. The summed E-state index contributed by atoms with van der Waals surface area (Å²) < 4.78 is 14.3. The smallest absolute Gasteiger partial charge is 0.261 e. The molecule has 2 fully saturated rings. The van der Waals surface area contributed by atoms with E-state index in [1.165, 1.54) is 5.19 Å². The first-order valence-electron chi connectivity index (χ1n) is 16.0. The van der Waals surface area contributed by atoms with Crippen molar-refractivity contribution < 1.29 is 24.2 Å². The molecule has 4 heterocycles. The largest absolute Gasteiger partial charge is 0.497 e. The molecule has 0 bridgehead atoms. The third kappa shape index (κ3) is 5.80. The predicted octanol–water partition coefficient (Wildman–Crippen LogP) is 3.02. The second kappa shape index (κ2) is 12.7. The van der Waals surface area contributed by atoms with E-state index in [9.17, 15) is 14.7 Å². The first-order chi connectivity index (χ1) is 21.7. The van der Waals surface area contributed by atoms with Crippen molar-refractivity contribution in [3.05, 3.63) is 59.9 Å². The van der Waals surface area contributed by atoms with Gasteiger partial charge in [-0.25, -0.2) is 0 Å². The first-order valence-corrected chi connectivity index (χ1v) is 19.0. The van der Waals surface area contributed by atoms with E-state index in [2.05, 4.69) is 58.4 Å². The molecule has 1 aromatic heterocycles. The second-order valence-corrected chi connectivity index (χ2v) is 17.8. The Bertz CT molecular complexity index is 1540. The number of rotatable bonds is 10. The highest BCUT2D eigenvalue weighted by atomic mass is 28.3. The molecule has 45 heavy (non-hydrogen) atoms. The number of carbonyl (C=O) groups is 2. The monoisotopic (exact) mass is 632 g/mol. The van der Waals surface area contributed by atoms with E-state index in [0.29, 0.717) is 31.6 Å². The highest BCUT2D eigenvalue weighted by Gasteiger charge is 2.64. The van der Waals surface area contributed by atoms with Gasteiger partial charge in [0, 0.05) is 55.2 Å². The van der Waals surface area contributed by atoms with E-state index < -0.39 is 13.7 Å². The number of nitrogens with zero attached hydrogens (tertiary/aromatic N) is 3. The Morgan fingerprint density at radius 1 is 1.24 bits per heavy atom. The molecule has 5 atom stereocenters. The van der Waals surface area contributed by atoms with Gasteiger partial charge in [-0.1, -0.05) is 42.6 Å². The summed E-state index contributed by atoms with van der Waals surface area (Å²) in [5, 5.41) is 28.6. The number of methoxy groups -OCH3 is 1. The van der Waals surface area contributed by atoms with Gasteiger partial charge in [-0.3, -0.25) is 14.3 Å². The standard InChI is InChI=1S/C33H44N6O5Si/c1-21-30(45(3,4)26-10-8-25(43-2)9-11-26)29(13-16-39-20-24(14-17-40)37-38-39)44-33(21)27-18-23(7-12-28(27)36-32(33)42)35-31(41)22-6-5-15-34-19-22/h7-12,18,20-22,29-30,34,40H,5-6,13-17,19H2,1-4H3,(H,35,41)(H,36,42)/t21-,22?,29+,30-,33+/m0/s1. The van der Waals surface area contributed by atoms with Crippen LogP contribution in [0.4, 0.5) is 11.4 Å². The molecule has 12 heteroatoms. The number of aliphatic hydroxyl groups is 1. The van der Waals surface area contributed by atoms with Crippen LogP contribution in [0.15, 0.2) is 48.7 Å². The molecule has 240 valence electrons. The number of amides is 2. The molecule has 1 spiro atoms. The Balaban J connectivity index is 1.34. The molecule has 4 N–H and O–H groups in total. The SMILES string of the molecule is COc1ccc([Si](C)(C)[C@@H]2[C@@H](CCn3cc(CCO)nn3)O[C@]3(C(=O)Nc4ccc(NC(=O)C5CCCNC5)cc43)[C@H]2C)cc1. The number of hydrogen-bond acceptors (Lipinski definition) is 8. The highest BCUT2D eigenvalue weighted by Crippen LogP contribution is 2.59. The maximum Gasteiger partial charge on any atom is 0.261 e. The van der Waals surface area contributed by atoms with Gasteiger partial charge < -0.3 is 30.5 Å². The van der Waals surface area contributed by atoms with Crippen molar-refractivity contribution in [2.75, 3.05) is 37.4 Å². The van der Waals surface area contributed by atoms with Crippen LogP contribution in [0.5, 0.6) is 5.75 Å². The third-order valence-corrected chi connectivity index (χ3v) is 14.5. The number of aryl methyl sites for hydroxylation is 1. The summed E-state index contributed by atoms with van der Waals surface area (Å²) in [7, 11) is -0.610. The highest BCUT2D eigenvalue weighted by molar-refractivity contribution is 6.91. The normalized spacial score (nSPS) is 26.1. The van der Waals surface area contributed by atoms with Crippen LogP contribution in [0.3, 0.4) is 0 Å². The predicted molar refractivity (Wildman–Crippen MR) is 174 cm³/mol. The Hall–Kier alpha value is -3.58. The molecule has 2 saturated heterocycles. The van der Waals surface area contributed by atoms with Gasteiger partial charge in [0.2, 0.25) is 5.91 Å². The summed E-state index contributed by atoms with van der Waals surface area (Å²) >= 11 is 0. The lowest BCUT2D eigenvalue weighted by atomic mass is 9.82. The molecule has 3 aliphatic heterocycles. The van der Waals surface area contributed by atoms with Crippen molar-refractivity contribution in [1.82, 2.24) is 20.3 Å². The Labute approximate surface area is 265 Å². The number of carbonyl (C=O) groups excluding carboxylic acids is 2. The number of piperidine rings is 1. The van der Waals surface area contributed by atoms with Crippen LogP contribution >= 0.6 is 0 Å². The lowest BCUT2D eigenvalue weighted by Gasteiger charge is -2.37. The van der Waals surface area contributed by atoms with Gasteiger partial charge in [0.05, 0.1) is 32.9 Å². The quantitative estimate of drug-likeness (QED) is 0.250. The van der Waals surface area contributed by atoms with E-state index in [4.69, 9.17) is 9.47 Å². The maximum atomic E-state index is 14.1. The van der Waals surface area contributed by atoms with Gasteiger partial charge >= 0.3 is 0 Å². The molecule has 11 nitrogen and oxygen atoms in total. The Morgan fingerprint density at radius 2 is 2.04 bits per heavy atom. The molecular weight excluding hydrogens is 588 g/mol. The van der Waals surface area contributed by atoms with Crippen LogP contribution in [0.1, 0.15) is 37.4 Å². The lowest BCUT2D eigenvalue weighted by Crippen LogP contribution is -2.51. The average molecular weight is 633 g/mol. The number of hydrogen-bond donors (Lipinski definition) is 4. The second-order valence-electron chi connectivity index (χ2n) is 13.1. The van der Waals surface area contributed by atoms with E-state index in [-0.39, 0.29) is 41.9 Å². The van der Waals surface area contributed by atoms with Gasteiger partial charge in [-0.2, -0.15) is 0 Å². The summed E-state index contributed by atoms with van der Waals surface area (Å²) in [4.78, 5) is 27.2. The molecule has 2 aromatic carbocycles. The zero-order valence-corrected chi connectivity index (χ0v) is 27.5. The number of aliphatic hydroxyl groups excluding tert-OH is 1. The number of nitrogens with one attached hydrogen (secondary N) is 3.